The van der Waals surface area contributed by atoms with Crippen LogP contribution in [0.15, 0.2) is 24.3 Å². The van der Waals surface area contributed by atoms with Crippen molar-refractivity contribution in [3.05, 3.63) is 35.6 Å². The first-order valence-electron chi connectivity index (χ1n) is 7.03. The van der Waals surface area contributed by atoms with E-state index < -0.39 is 15.7 Å². The molecule has 0 aliphatic carbocycles. The highest BCUT2D eigenvalue weighted by Gasteiger charge is 2.32. The SMILES string of the molecule is CN(C(=O)CCC(=O)c1ccc(F)cc1)C1CCS(=O)(=O)C1. The fourth-order valence-electron chi connectivity index (χ4n) is 2.46. The van der Waals surface area contributed by atoms with E-state index in [0.717, 1.165) is 0 Å². The molecular formula is C15H18FNO4S. The van der Waals surface area contributed by atoms with Crippen LogP contribution in [0.3, 0.4) is 0 Å². The largest absolute Gasteiger partial charge is 0.342 e. The van der Waals surface area contributed by atoms with Gasteiger partial charge in [-0.2, -0.15) is 0 Å². The third kappa shape index (κ3) is 4.13. The van der Waals surface area contributed by atoms with E-state index in [9.17, 15) is 22.4 Å². The van der Waals surface area contributed by atoms with Crippen LogP contribution in [0.1, 0.15) is 29.6 Å². The lowest BCUT2D eigenvalue weighted by Gasteiger charge is -2.23. The first-order chi connectivity index (χ1) is 10.3. The van der Waals surface area contributed by atoms with Crippen molar-refractivity contribution in [3.63, 3.8) is 0 Å². The Balaban J connectivity index is 1.87. The van der Waals surface area contributed by atoms with Crippen LogP contribution < -0.4 is 0 Å². The molecule has 1 fully saturated rings. The molecule has 1 unspecified atom stereocenters. The van der Waals surface area contributed by atoms with Crippen molar-refractivity contribution in [3.8, 4) is 0 Å². The van der Waals surface area contributed by atoms with Crippen LogP contribution in [-0.2, 0) is 14.6 Å². The maximum absolute atomic E-state index is 12.8. The van der Waals surface area contributed by atoms with Gasteiger partial charge < -0.3 is 4.90 Å². The van der Waals surface area contributed by atoms with Gasteiger partial charge >= 0.3 is 0 Å². The second kappa shape index (κ2) is 6.56. The van der Waals surface area contributed by atoms with Crippen LogP contribution in [0.5, 0.6) is 0 Å². The molecule has 1 atom stereocenters. The zero-order valence-corrected chi connectivity index (χ0v) is 13.1. The number of nitrogens with zero attached hydrogens (tertiary/aromatic N) is 1. The summed E-state index contributed by atoms with van der Waals surface area (Å²) in [6, 6.07) is 4.86. The Labute approximate surface area is 129 Å². The average Bonchev–Trinajstić information content (AvgIpc) is 2.84. The molecular weight excluding hydrogens is 309 g/mol. The van der Waals surface area contributed by atoms with Crippen molar-refractivity contribution in [2.45, 2.75) is 25.3 Å². The van der Waals surface area contributed by atoms with E-state index in [2.05, 4.69) is 0 Å². The fourth-order valence-corrected chi connectivity index (χ4v) is 4.24. The minimum atomic E-state index is -3.05. The molecule has 0 bridgehead atoms. The van der Waals surface area contributed by atoms with Crippen LogP contribution >= 0.6 is 0 Å². The summed E-state index contributed by atoms with van der Waals surface area (Å²) in [5, 5.41) is 0. The molecule has 0 aromatic heterocycles. The number of hydrogen-bond donors (Lipinski definition) is 0. The molecule has 1 aromatic rings. The molecule has 7 heteroatoms. The molecule has 22 heavy (non-hydrogen) atoms. The van der Waals surface area contributed by atoms with Gasteiger partial charge in [-0.05, 0) is 30.7 Å². The second-order valence-corrected chi connectivity index (χ2v) is 7.72. The molecule has 1 saturated heterocycles. The second-order valence-electron chi connectivity index (χ2n) is 5.49. The molecule has 1 heterocycles. The summed E-state index contributed by atoms with van der Waals surface area (Å²) in [6.45, 7) is 0. The molecule has 1 amide bonds. The van der Waals surface area contributed by atoms with E-state index in [-0.39, 0.29) is 42.1 Å². The minimum Gasteiger partial charge on any atom is -0.342 e. The highest BCUT2D eigenvalue weighted by molar-refractivity contribution is 7.91. The summed E-state index contributed by atoms with van der Waals surface area (Å²) in [4.78, 5) is 25.4. The monoisotopic (exact) mass is 327 g/mol. The Morgan fingerprint density at radius 3 is 2.41 bits per heavy atom. The lowest BCUT2D eigenvalue weighted by atomic mass is 10.1. The predicted molar refractivity (Wildman–Crippen MR) is 79.8 cm³/mol. The van der Waals surface area contributed by atoms with E-state index in [1.54, 1.807) is 7.05 Å². The van der Waals surface area contributed by atoms with Gasteiger partial charge in [0.25, 0.3) is 0 Å². The van der Waals surface area contributed by atoms with Crippen LogP contribution in [0.25, 0.3) is 0 Å². The van der Waals surface area contributed by atoms with E-state index >= 15 is 0 Å². The first-order valence-corrected chi connectivity index (χ1v) is 8.85. The lowest BCUT2D eigenvalue weighted by Crippen LogP contribution is -2.37. The van der Waals surface area contributed by atoms with Crippen molar-refractivity contribution in [2.75, 3.05) is 18.6 Å². The van der Waals surface area contributed by atoms with Gasteiger partial charge in [0.15, 0.2) is 15.6 Å². The van der Waals surface area contributed by atoms with E-state index in [1.165, 1.54) is 29.2 Å². The summed E-state index contributed by atoms with van der Waals surface area (Å²) >= 11 is 0. The molecule has 120 valence electrons. The summed E-state index contributed by atoms with van der Waals surface area (Å²) in [7, 11) is -1.48. The highest BCUT2D eigenvalue weighted by Crippen LogP contribution is 2.18. The van der Waals surface area contributed by atoms with Crippen LogP contribution in [0.4, 0.5) is 4.39 Å². The zero-order chi connectivity index (χ0) is 16.3. The molecule has 1 aliphatic rings. The number of hydrogen-bond acceptors (Lipinski definition) is 4. The molecule has 0 radical (unpaired) electrons. The van der Waals surface area contributed by atoms with Gasteiger partial charge in [-0.3, -0.25) is 9.59 Å². The summed E-state index contributed by atoms with van der Waals surface area (Å²) in [5.74, 6) is -0.821. The maximum Gasteiger partial charge on any atom is 0.223 e. The molecule has 2 rings (SSSR count). The average molecular weight is 327 g/mol. The quantitative estimate of drug-likeness (QED) is 0.767. The van der Waals surface area contributed by atoms with Crippen LogP contribution in [0, 0.1) is 5.82 Å². The van der Waals surface area contributed by atoms with Crippen molar-refractivity contribution in [1.29, 1.82) is 0 Å². The molecule has 1 aliphatic heterocycles. The zero-order valence-electron chi connectivity index (χ0n) is 12.3. The molecule has 0 N–H and O–H groups in total. The standard InChI is InChI=1S/C15H18FNO4S/c1-17(13-8-9-22(20,21)10-13)15(19)7-6-14(18)11-2-4-12(16)5-3-11/h2-5,13H,6-10H2,1H3. The number of carbonyl (C=O) groups is 2. The molecule has 5 nitrogen and oxygen atoms in total. The van der Waals surface area contributed by atoms with Crippen LogP contribution in [0.2, 0.25) is 0 Å². The summed E-state index contributed by atoms with van der Waals surface area (Å²) < 4.78 is 35.6. The number of amides is 1. The van der Waals surface area contributed by atoms with Gasteiger partial charge in [-0.15, -0.1) is 0 Å². The molecule has 0 saturated carbocycles. The summed E-state index contributed by atoms with van der Waals surface area (Å²) in [6.07, 6.45) is 0.480. The maximum atomic E-state index is 12.8. The van der Waals surface area contributed by atoms with Crippen molar-refractivity contribution in [1.82, 2.24) is 4.90 Å². The predicted octanol–water partition coefficient (Wildman–Crippen LogP) is 1.43. The molecule has 0 spiro atoms. The van der Waals surface area contributed by atoms with Gasteiger partial charge in [-0.25, -0.2) is 12.8 Å². The Morgan fingerprint density at radius 1 is 1.23 bits per heavy atom. The number of sulfone groups is 1. The minimum absolute atomic E-state index is 0.0127. The third-order valence-corrected chi connectivity index (χ3v) is 5.63. The van der Waals surface area contributed by atoms with Crippen molar-refractivity contribution in [2.24, 2.45) is 0 Å². The Kier molecular flexibility index (Phi) is 4.95. The smallest absolute Gasteiger partial charge is 0.223 e. The number of benzene rings is 1. The number of carbonyl (C=O) groups excluding carboxylic acids is 2. The van der Waals surface area contributed by atoms with Crippen molar-refractivity contribution >= 4 is 21.5 Å². The Bertz CT molecular complexity index is 669. The van der Waals surface area contributed by atoms with E-state index in [1.807, 2.05) is 0 Å². The van der Waals surface area contributed by atoms with Gasteiger partial charge in [0.1, 0.15) is 5.82 Å². The number of Topliss-reactive ketones (excluding diaryl/α,β-unsaturated/α-hetero) is 1. The van der Waals surface area contributed by atoms with Gasteiger partial charge in [0, 0.05) is 31.5 Å². The van der Waals surface area contributed by atoms with Crippen molar-refractivity contribution < 1.29 is 22.4 Å². The molecule has 1 aromatic carbocycles. The van der Waals surface area contributed by atoms with E-state index in [0.29, 0.717) is 12.0 Å². The van der Waals surface area contributed by atoms with Gasteiger partial charge in [-0.1, -0.05) is 0 Å². The fraction of sp³-hybridized carbons (Fsp3) is 0.467. The summed E-state index contributed by atoms with van der Waals surface area (Å²) in [5.41, 5.74) is 0.361. The Hall–Kier alpha value is -1.76. The first kappa shape index (κ1) is 16.6. The highest BCUT2D eigenvalue weighted by atomic mass is 32.2. The Morgan fingerprint density at radius 2 is 1.86 bits per heavy atom. The lowest BCUT2D eigenvalue weighted by molar-refractivity contribution is -0.131. The normalized spacial score (nSPS) is 19.8. The van der Waals surface area contributed by atoms with Gasteiger partial charge in [0.05, 0.1) is 11.5 Å². The van der Waals surface area contributed by atoms with Gasteiger partial charge in [0.2, 0.25) is 5.91 Å². The number of halogens is 1. The third-order valence-electron chi connectivity index (χ3n) is 3.88. The van der Waals surface area contributed by atoms with E-state index in [4.69, 9.17) is 0 Å². The van der Waals surface area contributed by atoms with Crippen LogP contribution in [-0.4, -0.2) is 49.6 Å². The topological polar surface area (TPSA) is 71.5 Å². The number of rotatable bonds is 5. The number of ketones is 1.